The number of amides is 4. The van der Waals surface area contributed by atoms with Crippen molar-refractivity contribution in [3.8, 4) is 5.75 Å². The lowest BCUT2D eigenvalue weighted by molar-refractivity contribution is -0.153. The fourth-order valence-corrected chi connectivity index (χ4v) is 3.23. The molecule has 0 bridgehead atoms. The Hall–Kier alpha value is -2.57. The Labute approximate surface area is 146 Å². The molecule has 1 fully saturated rings. The van der Waals surface area contributed by atoms with Gasteiger partial charge in [0.15, 0.2) is 0 Å². The van der Waals surface area contributed by atoms with Crippen LogP contribution in [0.15, 0.2) is 18.2 Å². The maximum absolute atomic E-state index is 12.3. The van der Waals surface area contributed by atoms with Crippen molar-refractivity contribution in [2.24, 2.45) is 0 Å². The molecule has 0 radical (unpaired) electrons. The van der Waals surface area contributed by atoms with E-state index in [-0.39, 0.29) is 12.6 Å². The van der Waals surface area contributed by atoms with Crippen molar-refractivity contribution < 1.29 is 19.1 Å². The predicted octanol–water partition coefficient (Wildman–Crippen LogP) is 0.953. The van der Waals surface area contributed by atoms with Gasteiger partial charge in [0.1, 0.15) is 5.75 Å². The first-order chi connectivity index (χ1) is 12.0. The number of carbonyl (C=O) groups excluding carboxylic acids is 3. The van der Waals surface area contributed by atoms with Gasteiger partial charge in [-0.25, -0.2) is 4.79 Å². The van der Waals surface area contributed by atoms with Crippen LogP contribution in [0.2, 0.25) is 0 Å². The maximum Gasteiger partial charge on any atom is 0.324 e. The van der Waals surface area contributed by atoms with Crippen LogP contribution in [0.5, 0.6) is 5.75 Å². The summed E-state index contributed by atoms with van der Waals surface area (Å²) in [6, 6.07) is 5.38. The molecule has 1 aromatic carbocycles. The summed E-state index contributed by atoms with van der Waals surface area (Å²) in [6.07, 6.45) is 1.55. The third kappa shape index (κ3) is 3.60. The molecule has 134 valence electrons. The lowest BCUT2D eigenvalue weighted by Crippen LogP contribution is -2.59. The summed E-state index contributed by atoms with van der Waals surface area (Å²) >= 11 is 0. The van der Waals surface area contributed by atoms with Gasteiger partial charge in [-0.3, -0.25) is 14.5 Å². The molecule has 0 saturated carbocycles. The molecular weight excluding hydrogens is 322 g/mol. The van der Waals surface area contributed by atoms with Crippen molar-refractivity contribution in [3.05, 3.63) is 29.3 Å². The average molecular weight is 345 g/mol. The summed E-state index contributed by atoms with van der Waals surface area (Å²) in [7, 11) is 0. The molecule has 1 unspecified atom stereocenters. The topological polar surface area (TPSA) is 79.0 Å². The van der Waals surface area contributed by atoms with Crippen LogP contribution in [0.3, 0.4) is 0 Å². The molecule has 25 heavy (non-hydrogen) atoms. The highest BCUT2D eigenvalue weighted by atomic mass is 16.5. The van der Waals surface area contributed by atoms with E-state index in [0.29, 0.717) is 26.1 Å². The Bertz CT molecular complexity index is 704. The number of hydrogen-bond acceptors (Lipinski definition) is 4. The molecule has 0 spiro atoms. The van der Waals surface area contributed by atoms with Gasteiger partial charge in [0.05, 0.1) is 6.61 Å². The highest BCUT2D eigenvalue weighted by Gasteiger charge is 2.35. The number of benzene rings is 1. The Balaban J connectivity index is 1.57. The van der Waals surface area contributed by atoms with Crippen molar-refractivity contribution in [1.29, 1.82) is 0 Å². The van der Waals surface area contributed by atoms with Crippen molar-refractivity contribution >= 4 is 17.8 Å². The number of piperazine rings is 1. The van der Waals surface area contributed by atoms with Crippen molar-refractivity contribution in [2.45, 2.75) is 32.7 Å². The van der Waals surface area contributed by atoms with Gasteiger partial charge in [0.25, 0.3) is 0 Å². The summed E-state index contributed by atoms with van der Waals surface area (Å²) < 4.78 is 5.49. The smallest absolute Gasteiger partial charge is 0.324 e. The van der Waals surface area contributed by atoms with Crippen molar-refractivity contribution in [3.63, 3.8) is 0 Å². The number of likely N-dealkylation sites (N-methyl/N-ethyl adjacent to an activating group) is 1. The third-order valence-corrected chi connectivity index (χ3v) is 4.60. The Morgan fingerprint density at radius 1 is 1.28 bits per heavy atom. The number of imide groups is 1. The molecule has 1 saturated heterocycles. The van der Waals surface area contributed by atoms with Crippen LogP contribution in [0.1, 0.15) is 25.0 Å². The van der Waals surface area contributed by atoms with Crippen LogP contribution in [0.4, 0.5) is 4.79 Å². The van der Waals surface area contributed by atoms with Crippen LogP contribution in [-0.2, 0) is 22.4 Å². The molecule has 2 aliphatic rings. The SMILES string of the molecule is CCN1CCN(C(=O)NC(C)Cc2ccc3c(c2)CCO3)C(=O)C1=O. The summed E-state index contributed by atoms with van der Waals surface area (Å²) in [4.78, 5) is 38.8. The monoisotopic (exact) mass is 345 g/mol. The van der Waals surface area contributed by atoms with Gasteiger partial charge in [-0.05, 0) is 37.5 Å². The van der Waals surface area contributed by atoms with Gasteiger partial charge >= 0.3 is 17.8 Å². The Morgan fingerprint density at radius 2 is 2.08 bits per heavy atom. The standard InChI is InChI=1S/C18H23N3O4/c1-3-20-7-8-21(17(23)16(20)22)18(24)19-12(2)10-13-4-5-15-14(11-13)6-9-25-15/h4-5,11-12H,3,6-10H2,1-2H3,(H,19,24). The lowest BCUT2D eigenvalue weighted by Gasteiger charge is -2.32. The summed E-state index contributed by atoms with van der Waals surface area (Å²) in [5, 5.41) is 2.81. The van der Waals surface area contributed by atoms with Gasteiger partial charge in [-0.1, -0.05) is 12.1 Å². The quantitative estimate of drug-likeness (QED) is 0.824. The number of nitrogens with zero attached hydrogens (tertiary/aromatic N) is 2. The Morgan fingerprint density at radius 3 is 2.84 bits per heavy atom. The molecule has 2 heterocycles. The molecule has 7 nitrogen and oxygen atoms in total. The molecule has 2 aliphatic heterocycles. The number of hydrogen-bond donors (Lipinski definition) is 1. The van der Waals surface area contributed by atoms with E-state index in [9.17, 15) is 14.4 Å². The second-order valence-corrected chi connectivity index (χ2v) is 6.44. The normalized spacial score (nSPS) is 18.0. The number of ether oxygens (including phenoxy) is 1. The second kappa shape index (κ2) is 7.13. The van der Waals surface area contributed by atoms with Gasteiger partial charge in [0, 0.05) is 32.1 Å². The predicted molar refractivity (Wildman–Crippen MR) is 91.3 cm³/mol. The zero-order valence-electron chi connectivity index (χ0n) is 14.6. The lowest BCUT2D eigenvalue weighted by atomic mass is 10.0. The zero-order valence-corrected chi connectivity index (χ0v) is 14.6. The third-order valence-electron chi connectivity index (χ3n) is 4.60. The maximum atomic E-state index is 12.3. The van der Waals surface area contributed by atoms with E-state index in [4.69, 9.17) is 4.74 Å². The molecule has 0 aromatic heterocycles. The average Bonchev–Trinajstić information content (AvgIpc) is 3.04. The first-order valence-corrected chi connectivity index (χ1v) is 8.65. The van der Waals surface area contributed by atoms with Crippen LogP contribution in [-0.4, -0.2) is 59.9 Å². The highest BCUT2D eigenvalue weighted by Crippen LogP contribution is 2.26. The summed E-state index contributed by atoms with van der Waals surface area (Å²) in [5.74, 6) is -0.444. The zero-order chi connectivity index (χ0) is 18.0. The summed E-state index contributed by atoms with van der Waals surface area (Å²) in [6.45, 7) is 5.49. The molecule has 1 atom stereocenters. The van der Waals surface area contributed by atoms with E-state index in [2.05, 4.69) is 11.4 Å². The number of nitrogens with one attached hydrogen (secondary N) is 1. The van der Waals surface area contributed by atoms with Gasteiger partial charge in [-0.15, -0.1) is 0 Å². The molecule has 4 amide bonds. The number of rotatable bonds is 4. The second-order valence-electron chi connectivity index (χ2n) is 6.44. The molecule has 0 aliphatic carbocycles. The summed E-state index contributed by atoms with van der Waals surface area (Å²) in [5.41, 5.74) is 2.29. The van der Waals surface area contributed by atoms with E-state index in [0.717, 1.165) is 22.6 Å². The minimum absolute atomic E-state index is 0.153. The first kappa shape index (κ1) is 17.3. The fourth-order valence-electron chi connectivity index (χ4n) is 3.23. The van der Waals surface area contributed by atoms with Gasteiger partial charge < -0.3 is 15.0 Å². The van der Waals surface area contributed by atoms with Crippen LogP contribution < -0.4 is 10.1 Å². The van der Waals surface area contributed by atoms with Crippen molar-refractivity contribution in [1.82, 2.24) is 15.1 Å². The van der Waals surface area contributed by atoms with E-state index in [1.165, 1.54) is 10.5 Å². The number of urea groups is 1. The van der Waals surface area contributed by atoms with Crippen LogP contribution in [0.25, 0.3) is 0 Å². The van der Waals surface area contributed by atoms with Gasteiger partial charge in [0.2, 0.25) is 0 Å². The van der Waals surface area contributed by atoms with Crippen LogP contribution in [0, 0.1) is 0 Å². The molecule has 7 heteroatoms. The molecule has 1 aromatic rings. The minimum Gasteiger partial charge on any atom is -0.493 e. The van der Waals surface area contributed by atoms with Crippen molar-refractivity contribution in [2.75, 3.05) is 26.2 Å². The highest BCUT2D eigenvalue weighted by molar-refractivity contribution is 6.38. The molecule has 1 N–H and O–H groups in total. The Kier molecular flexibility index (Phi) is 4.92. The minimum atomic E-state index is -0.757. The van der Waals surface area contributed by atoms with E-state index in [1.807, 2.05) is 26.0 Å². The molecular formula is C18H23N3O4. The number of carbonyl (C=O) groups is 3. The largest absolute Gasteiger partial charge is 0.493 e. The van der Waals surface area contributed by atoms with E-state index in [1.54, 1.807) is 0 Å². The van der Waals surface area contributed by atoms with E-state index >= 15 is 0 Å². The number of fused-ring (bicyclic) bond motifs is 1. The fraction of sp³-hybridized carbons (Fsp3) is 0.500. The molecule has 3 rings (SSSR count). The first-order valence-electron chi connectivity index (χ1n) is 8.65. The van der Waals surface area contributed by atoms with Crippen LogP contribution >= 0.6 is 0 Å². The van der Waals surface area contributed by atoms with E-state index < -0.39 is 17.8 Å². The van der Waals surface area contributed by atoms with Gasteiger partial charge in [-0.2, -0.15) is 0 Å².